The van der Waals surface area contributed by atoms with Crippen LogP contribution in [0.3, 0.4) is 0 Å². The minimum atomic E-state index is -0.213. The Kier molecular flexibility index (Phi) is 5.40. The molecule has 0 saturated carbocycles. The highest BCUT2D eigenvalue weighted by Gasteiger charge is 2.17. The molecule has 1 atom stereocenters. The third-order valence-electron chi connectivity index (χ3n) is 2.76. The van der Waals surface area contributed by atoms with E-state index in [-0.39, 0.29) is 5.91 Å². The molecule has 1 unspecified atom stereocenters. The summed E-state index contributed by atoms with van der Waals surface area (Å²) in [5, 5.41) is 3.25. The maximum Gasteiger partial charge on any atom is 0.217 e. The van der Waals surface area contributed by atoms with Gasteiger partial charge < -0.3 is 11.1 Å². The van der Waals surface area contributed by atoms with Crippen LogP contribution in [0.4, 0.5) is 0 Å². The van der Waals surface area contributed by atoms with E-state index in [0.29, 0.717) is 12.3 Å². The van der Waals surface area contributed by atoms with Crippen LogP contribution < -0.4 is 11.1 Å². The van der Waals surface area contributed by atoms with Gasteiger partial charge in [0.05, 0.1) is 0 Å². The Hall–Kier alpha value is -1.51. The molecule has 3 nitrogen and oxygen atoms in total. The number of nitrogens with two attached hydrogens (primary N) is 1. The summed E-state index contributed by atoms with van der Waals surface area (Å²) in [4.78, 5) is 10.6. The van der Waals surface area contributed by atoms with Crippen LogP contribution in [0, 0.1) is 5.92 Å². The molecule has 1 aliphatic heterocycles. The molecule has 0 spiro atoms. The molecular formula is C13H20N2O. The van der Waals surface area contributed by atoms with Gasteiger partial charge >= 0.3 is 0 Å². The zero-order valence-corrected chi connectivity index (χ0v) is 9.61. The number of primary amides is 1. The van der Waals surface area contributed by atoms with Crippen molar-refractivity contribution in [3.05, 3.63) is 36.6 Å². The van der Waals surface area contributed by atoms with Gasteiger partial charge in [0.1, 0.15) is 0 Å². The number of rotatable bonds is 7. The molecule has 0 aromatic carbocycles. The van der Waals surface area contributed by atoms with Crippen molar-refractivity contribution in [2.75, 3.05) is 6.54 Å². The molecule has 3 N–H and O–H groups in total. The molecule has 0 aromatic rings. The summed E-state index contributed by atoms with van der Waals surface area (Å²) in [7, 11) is 0. The highest BCUT2D eigenvalue weighted by molar-refractivity contribution is 5.73. The predicted octanol–water partition coefficient (Wildman–Crippen LogP) is 1.88. The summed E-state index contributed by atoms with van der Waals surface area (Å²) in [6.07, 6.45) is 11.3. The molecule has 0 fully saturated rings. The third-order valence-corrected chi connectivity index (χ3v) is 2.76. The Labute approximate surface area is 97.1 Å². The van der Waals surface area contributed by atoms with E-state index in [4.69, 9.17) is 5.73 Å². The summed E-state index contributed by atoms with van der Waals surface area (Å²) >= 11 is 0. The minimum absolute atomic E-state index is 0.213. The Balaban J connectivity index is 2.31. The van der Waals surface area contributed by atoms with Crippen molar-refractivity contribution in [1.29, 1.82) is 0 Å². The van der Waals surface area contributed by atoms with Crippen molar-refractivity contribution < 1.29 is 4.79 Å². The normalized spacial score (nSPS) is 19.5. The van der Waals surface area contributed by atoms with Crippen molar-refractivity contribution in [3.8, 4) is 0 Å². The van der Waals surface area contributed by atoms with E-state index in [1.165, 1.54) is 5.57 Å². The molecule has 1 heterocycles. The second-order valence-electron chi connectivity index (χ2n) is 4.04. The van der Waals surface area contributed by atoms with Gasteiger partial charge in [0, 0.05) is 18.9 Å². The predicted molar refractivity (Wildman–Crippen MR) is 66.6 cm³/mol. The Morgan fingerprint density at radius 2 is 2.50 bits per heavy atom. The Morgan fingerprint density at radius 3 is 3.19 bits per heavy atom. The molecule has 0 aromatic heterocycles. The summed E-state index contributed by atoms with van der Waals surface area (Å²) < 4.78 is 0. The van der Waals surface area contributed by atoms with Gasteiger partial charge in [-0.3, -0.25) is 4.79 Å². The van der Waals surface area contributed by atoms with Gasteiger partial charge in [0.2, 0.25) is 5.91 Å². The molecule has 0 saturated heterocycles. The first-order chi connectivity index (χ1) is 7.74. The first-order valence-electron chi connectivity index (χ1n) is 5.72. The maximum absolute atomic E-state index is 10.6. The number of carbonyl (C=O) groups excluding carboxylic acids is 1. The molecule has 3 heteroatoms. The SMILES string of the molecule is C=C/C=C\CC1CNC=C1CCCC(N)=O. The average Bonchev–Trinajstić information content (AvgIpc) is 2.66. The van der Waals surface area contributed by atoms with Gasteiger partial charge in [-0.25, -0.2) is 0 Å². The van der Waals surface area contributed by atoms with E-state index in [2.05, 4.69) is 24.2 Å². The fourth-order valence-electron chi connectivity index (χ4n) is 1.90. The number of nitrogens with one attached hydrogen (secondary N) is 1. The molecule has 1 amide bonds. The van der Waals surface area contributed by atoms with E-state index < -0.39 is 0 Å². The van der Waals surface area contributed by atoms with Crippen LogP contribution in [-0.2, 0) is 4.79 Å². The van der Waals surface area contributed by atoms with Gasteiger partial charge in [-0.05, 0) is 31.0 Å². The van der Waals surface area contributed by atoms with Crippen LogP contribution in [0.2, 0.25) is 0 Å². The highest BCUT2D eigenvalue weighted by atomic mass is 16.1. The van der Waals surface area contributed by atoms with Crippen LogP contribution >= 0.6 is 0 Å². The van der Waals surface area contributed by atoms with Crippen molar-refractivity contribution in [3.63, 3.8) is 0 Å². The molecule has 16 heavy (non-hydrogen) atoms. The number of hydrogen-bond acceptors (Lipinski definition) is 2. The van der Waals surface area contributed by atoms with Crippen molar-refractivity contribution in [2.24, 2.45) is 11.7 Å². The van der Waals surface area contributed by atoms with E-state index in [1.54, 1.807) is 6.08 Å². The lowest BCUT2D eigenvalue weighted by molar-refractivity contribution is -0.118. The lowest BCUT2D eigenvalue weighted by Gasteiger charge is -2.10. The molecular weight excluding hydrogens is 200 g/mol. The van der Waals surface area contributed by atoms with E-state index in [1.807, 2.05) is 6.08 Å². The fraction of sp³-hybridized carbons (Fsp3) is 0.462. The van der Waals surface area contributed by atoms with Gasteiger partial charge in [-0.15, -0.1) is 0 Å². The molecule has 0 radical (unpaired) electrons. The summed E-state index contributed by atoms with van der Waals surface area (Å²) in [6, 6.07) is 0. The van der Waals surface area contributed by atoms with Gasteiger partial charge in [-0.2, -0.15) is 0 Å². The van der Waals surface area contributed by atoms with Gasteiger partial charge in [0.25, 0.3) is 0 Å². The zero-order valence-electron chi connectivity index (χ0n) is 9.61. The van der Waals surface area contributed by atoms with Crippen LogP contribution in [0.25, 0.3) is 0 Å². The highest BCUT2D eigenvalue weighted by Crippen LogP contribution is 2.24. The van der Waals surface area contributed by atoms with Crippen LogP contribution in [0.5, 0.6) is 0 Å². The first kappa shape index (κ1) is 12.6. The van der Waals surface area contributed by atoms with Gasteiger partial charge in [-0.1, -0.05) is 24.8 Å². The number of hydrogen-bond donors (Lipinski definition) is 2. The molecule has 1 rings (SSSR count). The number of amides is 1. The first-order valence-corrected chi connectivity index (χ1v) is 5.72. The Bertz CT molecular complexity index is 305. The zero-order chi connectivity index (χ0) is 11.8. The second kappa shape index (κ2) is 6.88. The second-order valence-corrected chi connectivity index (χ2v) is 4.04. The summed E-state index contributed by atoms with van der Waals surface area (Å²) in [5.41, 5.74) is 6.51. The largest absolute Gasteiger partial charge is 0.390 e. The molecule has 0 aliphatic carbocycles. The maximum atomic E-state index is 10.6. The van der Waals surface area contributed by atoms with Gasteiger partial charge in [0.15, 0.2) is 0 Å². The molecule has 88 valence electrons. The minimum Gasteiger partial charge on any atom is -0.390 e. The summed E-state index contributed by atoms with van der Waals surface area (Å²) in [5.74, 6) is 0.346. The average molecular weight is 220 g/mol. The third kappa shape index (κ3) is 4.34. The summed E-state index contributed by atoms with van der Waals surface area (Å²) in [6.45, 7) is 4.64. The lowest BCUT2D eigenvalue weighted by Crippen LogP contribution is -2.11. The number of allylic oxidation sites excluding steroid dienone is 3. The topological polar surface area (TPSA) is 55.1 Å². The van der Waals surface area contributed by atoms with Crippen molar-refractivity contribution in [2.45, 2.75) is 25.7 Å². The van der Waals surface area contributed by atoms with Crippen molar-refractivity contribution in [1.82, 2.24) is 5.32 Å². The van der Waals surface area contributed by atoms with Crippen LogP contribution in [-0.4, -0.2) is 12.5 Å². The molecule has 1 aliphatic rings. The smallest absolute Gasteiger partial charge is 0.217 e. The van der Waals surface area contributed by atoms with E-state index in [0.717, 1.165) is 25.8 Å². The monoisotopic (exact) mass is 220 g/mol. The number of carbonyl (C=O) groups is 1. The van der Waals surface area contributed by atoms with Crippen LogP contribution in [0.1, 0.15) is 25.7 Å². The van der Waals surface area contributed by atoms with Crippen LogP contribution in [0.15, 0.2) is 36.6 Å². The van der Waals surface area contributed by atoms with E-state index >= 15 is 0 Å². The standard InChI is InChI=1S/C13H20N2O/c1-2-3-4-6-11-9-15-10-12(11)7-5-8-13(14)16/h2-4,10-11,15H,1,5-9H2,(H2,14,16)/b4-3-. The Morgan fingerprint density at radius 1 is 1.69 bits per heavy atom. The van der Waals surface area contributed by atoms with E-state index in [9.17, 15) is 4.79 Å². The molecule has 0 bridgehead atoms. The van der Waals surface area contributed by atoms with Crippen molar-refractivity contribution >= 4 is 5.91 Å². The quantitative estimate of drug-likeness (QED) is 0.644. The lowest BCUT2D eigenvalue weighted by atomic mass is 9.94. The fourth-order valence-corrected chi connectivity index (χ4v) is 1.90.